The Kier molecular flexibility index (Phi) is 4.18. The summed E-state index contributed by atoms with van der Waals surface area (Å²) in [6, 6.07) is 2.29. The van der Waals surface area contributed by atoms with Crippen LogP contribution in [0.3, 0.4) is 0 Å². The lowest BCUT2D eigenvalue weighted by Gasteiger charge is -2.33. The number of rotatable bonds is 2. The van der Waals surface area contributed by atoms with E-state index >= 15 is 0 Å². The summed E-state index contributed by atoms with van der Waals surface area (Å²) in [5.41, 5.74) is 1.90. The number of nitrogens with zero attached hydrogens (tertiary/aromatic N) is 2. The molecule has 0 amide bonds. The van der Waals surface area contributed by atoms with Gasteiger partial charge in [-0.25, -0.2) is 0 Å². The van der Waals surface area contributed by atoms with Crippen LogP contribution in [0.15, 0.2) is 11.3 Å². The molecule has 2 aliphatic heterocycles. The van der Waals surface area contributed by atoms with E-state index in [1.807, 2.05) is 0 Å². The van der Waals surface area contributed by atoms with Crippen LogP contribution in [0.4, 0.5) is 0 Å². The summed E-state index contributed by atoms with van der Waals surface area (Å²) in [5, 5.41) is 9.28. The zero-order valence-corrected chi connectivity index (χ0v) is 11.6. The molecule has 0 aromatic heterocycles. The van der Waals surface area contributed by atoms with Crippen molar-refractivity contribution in [3.05, 3.63) is 11.3 Å². The molecule has 0 unspecified atom stereocenters. The van der Waals surface area contributed by atoms with Gasteiger partial charge in [0.2, 0.25) is 0 Å². The van der Waals surface area contributed by atoms with Gasteiger partial charge in [0.25, 0.3) is 0 Å². The highest BCUT2D eigenvalue weighted by Crippen LogP contribution is 2.38. The molecule has 18 heavy (non-hydrogen) atoms. The van der Waals surface area contributed by atoms with Gasteiger partial charge in [-0.3, -0.25) is 4.79 Å². The average molecular weight is 266 g/mol. The lowest BCUT2D eigenvalue weighted by Crippen LogP contribution is -2.34. The topological polar surface area (TPSA) is 53.3 Å². The van der Waals surface area contributed by atoms with E-state index in [4.69, 9.17) is 4.74 Å². The molecule has 0 spiro atoms. The van der Waals surface area contributed by atoms with E-state index in [1.54, 1.807) is 11.8 Å². The molecule has 0 saturated carbocycles. The van der Waals surface area contributed by atoms with Crippen LogP contribution < -0.4 is 0 Å². The molecule has 0 aromatic rings. The minimum Gasteiger partial charge on any atom is -0.468 e. The average Bonchev–Trinajstić information content (AvgIpc) is 2.90. The molecule has 0 aromatic carbocycles. The monoisotopic (exact) mass is 266 g/mol. The summed E-state index contributed by atoms with van der Waals surface area (Å²) in [4.78, 5) is 13.9. The third kappa shape index (κ3) is 2.49. The van der Waals surface area contributed by atoms with Gasteiger partial charge in [0.1, 0.15) is 5.25 Å². The molecule has 0 bridgehead atoms. The second-order valence-electron chi connectivity index (χ2n) is 4.66. The van der Waals surface area contributed by atoms with Crippen molar-refractivity contribution in [2.24, 2.45) is 0 Å². The molecule has 2 heterocycles. The van der Waals surface area contributed by atoms with Crippen molar-refractivity contribution in [2.75, 3.05) is 20.2 Å². The molecule has 2 atom stereocenters. The number of thioether (sulfide) groups is 1. The van der Waals surface area contributed by atoms with Gasteiger partial charge < -0.3 is 9.64 Å². The van der Waals surface area contributed by atoms with Crippen LogP contribution in [0.1, 0.15) is 26.2 Å². The first-order valence-electron chi connectivity index (χ1n) is 6.28. The summed E-state index contributed by atoms with van der Waals surface area (Å²) in [6.07, 6.45) is 2.89. The predicted molar refractivity (Wildman–Crippen MR) is 70.9 cm³/mol. The Bertz CT molecular complexity index is 408. The molecule has 0 aliphatic carbocycles. The first-order chi connectivity index (χ1) is 8.67. The summed E-state index contributed by atoms with van der Waals surface area (Å²) >= 11 is 1.61. The quantitative estimate of drug-likeness (QED) is 0.715. The SMILES string of the molecule is COC(=O)[C@@H]1CC(C#N)=C(N2CCCC2)[C@H](C)S1. The number of allylic oxidation sites excluding steroid dienone is 1. The highest BCUT2D eigenvalue weighted by Gasteiger charge is 2.35. The van der Waals surface area contributed by atoms with E-state index in [2.05, 4.69) is 17.9 Å². The molecule has 1 saturated heterocycles. The number of nitriles is 1. The maximum Gasteiger partial charge on any atom is 0.319 e. The third-order valence-corrected chi connectivity index (χ3v) is 4.82. The smallest absolute Gasteiger partial charge is 0.319 e. The van der Waals surface area contributed by atoms with Gasteiger partial charge >= 0.3 is 5.97 Å². The zero-order chi connectivity index (χ0) is 13.1. The minimum absolute atomic E-state index is 0.190. The van der Waals surface area contributed by atoms with Gasteiger partial charge in [-0.05, 0) is 19.8 Å². The molecule has 2 rings (SSSR count). The van der Waals surface area contributed by atoms with Crippen molar-refractivity contribution >= 4 is 17.7 Å². The third-order valence-electron chi connectivity index (χ3n) is 3.50. The number of methoxy groups -OCH3 is 1. The van der Waals surface area contributed by atoms with E-state index in [0.717, 1.165) is 24.4 Å². The maximum absolute atomic E-state index is 11.6. The largest absolute Gasteiger partial charge is 0.468 e. The Hall–Kier alpha value is -1.15. The summed E-state index contributed by atoms with van der Waals surface area (Å²) in [6.45, 7) is 4.15. The fourth-order valence-corrected chi connectivity index (χ4v) is 4.06. The van der Waals surface area contributed by atoms with E-state index in [9.17, 15) is 10.1 Å². The van der Waals surface area contributed by atoms with Crippen molar-refractivity contribution in [2.45, 2.75) is 36.7 Å². The van der Waals surface area contributed by atoms with Crippen molar-refractivity contribution < 1.29 is 9.53 Å². The molecule has 98 valence electrons. The fraction of sp³-hybridized carbons (Fsp3) is 0.692. The van der Waals surface area contributed by atoms with Crippen LogP contribution in [0.2, 0.25) is 0 Å². The second-order valence-corrected chi connectivity index (χ2v) is 6.21. The normalized spacial score (nSPS) is 28.2. The maximum atomic E-state index is 11.6. The van der Waals surface area contributed by atoms with Crippen LogP contribution in [-0.2, 0) is 9.53 Å². The minimum atomic E-state index is -0.231. The first-order valence-corrected chi connectivity index (χ1v) is 7.23. The van der Waals surface area contributed by atoms with Crippen LogP contribution in [-0.4, -0.2) is 41.6 Å². The Labute approximate surface area is 112 Å². The predicted octanol–water partition coefficient (Wildman–Crippen LogP) is 1.93. The van der Waals surface area contributed by atoms with Crippen LogP contribution >= 0.6 is 11.8 Å². The van der Waals surface area contributed by atoms with Gasteiger partial charge in [-0.15, -0.1) is 11.8 Å². The van der Waals surface area contributed by atoms with Gasteiger partial charge in [0.05, 0.1) is 18.8 Å². The van der Waals surface area contributed by atoms with Crippen molar-refractivity contribution in [3.63, 3.8) is 0 Å². The Morgan fingerprint density at radius 2 is 2.17 bits per heavy atom. The summed E-state index contributed by atoms with van der Waals surface area (Å²) in [7, 11) is 1.40. The van der Waals surface area contributed by atoms with E-state index in [1.165, 1.54) is 20.0 Å². The standard InChI is InChI=1S/C13H18N2O2S/c1-9-12(15-5-3-4-6-15)10(8-14)7-11(18-9)13(16)17-2/h9,11H,3-7H2,1-2H3/t9-,11-/m0/s1. The number of carbonyl (C=O) groups is 1. The number of hydrogen-bond acceptors (Lipinski definition) is 5. The summed E-state index contributed by atoms with van der Waals surface area (Å²) in [5.74, 6) is -0.222. The molecular formula is C13H18N2O2S. The van der Waals surface area contributed by atoms with Crippen LogP contribution in [0.25, 0.3) is 0 Å². The second kappa shape index (κ2) is 5.66. The van der Waals surface area contributed by atoms with E-state index in [0.29, 0.717) is 6.42 Å². The van der Waals surface area contributed by atoms with Gasteiger partial charge in [-0.1, -0.05) is 0 Å². The van der Waals surface area contributed by atoms with Crippen LogP contribution in [0, 0.1) is 11.3 Å². The Balaban J connectivity index is 2.23. The molecule has 1 fully saturated rings. The highest BCUT2D eigenvalue weighted by atomic mass is 32.2. The van der Waals surface area contributed by atoms with Crippen molar-refractivity contribution in [1.82, 2.24) is 4.90 Å². The summed E-state index contributed by atoms with van der Waals surface area (Å²) < 4.78 is 4.79. The zero-order valence-electron chi connectivity index (χ0n) is 10.8. The molecular weight excluding hydrogens is 248 g/mol. The number of carbonyl (C=O) groups excluding carboxylic acids is 1. The number of likely N-dealkylation sites (tertiary alicyclic amines) is 1. The number of esters is 1. The van der Waals surface area contributed by atoms with Gasteiger partial charge in [-0.2, -0.15) is 5.26 Å². The molecule has 4 nitrogen and oxygen atoms in total. The highest BCUT2D eigenvalue weighted by molar-refractivity contribution is 8.01. The molecule has 0 N–H and O–H groups in total. The Morgan fingerprint density at radius 3 is 2.72 bits per heavy atom. The molecule has 2 aliphatic rings. The van der Waals surface area contributed by atoms with E-state index < -0.39 is 0 Å². The molecule has 5 heteroatoms. The number of hydrogen-bond donors (Lipinski definition) is 0. The lowest BCUT2D eigenvalue weighted by molar-refractivity contribution is -0.139. The van der Waals surface area contributed by atoms with Gasteiger partial charge in [0.15, 0.2) is 0 Å². The van der Waals surface area contributed by atoms with Crippen LogP contribution in [0.5, 0.6) is 0 Å². The van der Waals surface area contributed by atoms with Crippen molar-refractivity contribution in [3.8, 4) is 6.07 Å². The first kappa shape index (κ1) is 13.3. The number of ether oxygens (including phenoxy) is 1. The van der Waals surface area contributed by atoms with Crippen molar-refractivity contribution in [1.29, 1.82) is 5.26 Å². The van der Waals surface area contributed by atoms with E-state index in [-0.39, 0.29) is 16.5 Å². The lowest BCUT2D eigenvalue weighted by atomic mass is 10.1. The van der Waals surface area contributed by atoms with Gasteiger partial charge in [0, 0.05) is 30.5 Å². The molecule has 0 radical (unpaired) electrons. The Morgan fingerprint density at radius 1 is 1.50 bits per heavy atom. The fourth-order valence-electron chi connectivity index (χ4n) is 2.67.